The molecule has 0 aromatic carbocycles. The predicted molar refractivity (Wildman–Crippen MR) is 55.2 cm³/mol. The minimum atomic E-state index is -0.748. The van der Waals surface area contributed by atoms with E-state index in [-0.39, 0.29) is 18.2 Å². The zero-order valence-corrected chi connectivity index (χ0v) is 8.82. The fourth-order valence-electron chi connectivity index (χ4n) is 1.89. The SMILES string of the molecule is NC(=O)C1CCN(CCCC(=O)O)CC1. The topological polar surface area (TPSA) is 83.6 Å². The Balaban J connectivity index is 2.14. The van der Waals surface area contributed by atoms with Crippen LogP contribution in [-0.4, -0.2) is 41.5 Å². The van der Waals surface area contributed by atoms with Crippen LogP contribution < -0.4 is 5.73 Å². The third-order valence-corrected chi connectivity index (χ3v) is 2.85. The number of carboxylic acids is 1. The molecule has 5 heteroatoms. The fraction of sp³-hybridized carbons (Fsp3) is 0.800. The van der Waals surface area contributed by atoms with Gasteiger partial charge in [-0.2, -0.15) is 0 Å². The number of nitrogens with zero attached hydrogens (tertiary/aromatic N) is 1. The molecular weight excluding hydrogens is 196 g/mol. The van der Waals surface area contributed by atoms with E-state index in [1.165, 1.54) is 0 Å². The molecule has 1 amide bonds. The Morgan fingerprint density at radius 2 is 1.93 bits per heavy atom. The number of amides is 1. The van der Waals surface area contributed by atoms with Crippen molar-refractivity contribution >= 4 is 11.9 Å². The lowest BCUT2D eigenvalue weighted by atomic mass is 9.96. The molecule has 0 spiro atoms. The van der Waals surface area contributed by atoms with Crippen LogP contribution in [0.4, 0.5) is 0 Å². The van der Waals surface area contributed by atoms with Crippen molar-refractivity contribution in [3.63, 3.8) is 0 Å². The number of aliphatic carboxylic acids is 1. The number of carbonyl (C=O) groups is 2. The van der Waals surface area contributed by atoms with E-state index in [0.29, 0.717) is 6.42 Å². The zero-order chi connectivity index (χ0) is 11.3. The van der Waals surface area contributed by atoms with Crippen molar-refractivity contribution in [2.75, 3.05) is 19.6 Å². The Morgan fingerprint density at radius 3 is 2.40 bits per heavy atom. The predicted octanol–water partition coefficient (Wildman–Crippen LogP) is 0.0485. The van der Waals surface area contributed by atoms with E-state index in [1.54, 1.807) is 0 Å². The number of nitrogens with two attached hydrogens (primary N) is 1. The van der Waals surface area contributed by atoms with Gasteiger partial charge >= 0.3 is 5.97 Å². The number of primary amides is 1. The van der Waals surface area contributed by atoms with Gasteiger partial charge in [0.1, 0.15) is 0 Å². The molecule has 0 atom stereocenters. The average molecular weight is 214 g/mol. The molecule has 0 aromatic heterocycles. The van der Waals surface area contributed by atoms with E-state index < -0.39 is 5.97 Å². The minimum Gasteiger partial charge on any atom is -0.481 e. The maximum atomic E-state index is 10.9. The van der Waals surface area contributed by atoms with Crippen molar-refractivity contribution in [3.8, 4) is 0 Å². The normalized spacial score (nSPS) is 18.9. The van der Waals surface area contributed by atoms with Crippen LogP contribution in [0.15, 0.2) is 0 Å². The molecule has 1 fully saturated rings. The monoisotopic (exact) mass is 214 g/mol. The van der Waals surface area contributed by atoms with Crippen LogP contribution in [0.2, 0.25) is 0 Å². The van der Waals surface area contributed by atoms with Gasteiger partial charge in [0.15, 0.2) is 0 Å². The van der Waals surface area contributed by atoms with Crippen molar-refractivity contribution in [1.82, 2.24) is 4.90 Å². The van der Waals surface area contributed by atoms with E-state index in [9.17, 15) is 9.59 Å². The van der Waals surface area contributed by atoms with Crippen molar-refractivity contribution in [1.29, 1.82) is 0 Å². The van der Waals surface area contributed by atoms with Crippen LogP contribution in [-0.2, 0) is 9.59 Å². The zero-order valence-electron chi connectivity index (χ0n) is 8.82. The molecule has 5 nitrogen and oxygen atoms in total. The van der Waals surface area contributed by atoms with Crippen molar-refractivity contribution < 1.29 is 14.7 Å². The van der Waals surface area contributed by atoms with Gasteiger partial charge in [0.2, 0.25) is 5.91 Å². The summed E-state index contributed by atoms with van der Waals surface area (Å²) < 4.78 is 0. The van der Waals surface area contributed by atoms with Crippen LogP contribution in [0, 0.1) is 5.92 Å². The highest BCUT2D eigenvalue weighted by molar-refractivity contribution is 5.76. The smallest absolute Gasteiger partial charge is 0.303 e. The first-order valence-corrected chi connectivity index (χ1v) is 5.33. The van der Waals surface area contributed by atoms with Crippen LogP contribution in [0.3, 0.4) is 0 Å². The van der Waals surface area contributed by atoms with E-state index in [4.69, 9.17) is 10.8 Å². The molecule has 0 aliphatic carbocycles. The summed E-state index contributed by atoms with van der Waals surface area (Å²) in [5.74, 6) is -0.942. The maximum absolute atomic E-state index is 10.9. The molecule has 1 saturated heterocycles. The summed E-state index contributed by atoms with van der Waals surface area (Å²) in [6, 6.07) is 0. The van der Waals surface area contributed by atoms with E-state index in [0.717, 1.165) is 32.5 Å². The van der Waals surface area contributed by atoms with Gasteiger partial charge in [-0.3, -0.25) is 9.59 Å². The third kappa shape index (κ3) is 4.29. The standard InChI is InChI=1S/C10H18N2O3/c11-10(15)8-3-6-12(7-4-8)5-1-2-9(13)14/h8H,1-7H2,(H2,11,15)(H,13,14). The highest BCUT2D eigenvalue weighted by Crippen LogP contribution is 2.16. The van der Waals surface area contributed by atoms with Gasteiger partial charge in [0.05, 0.1) is 0 Å². The maximum Gasteiger partial charge on any atom is 0.303 e. The van der Waals surface area contributed by atoms with Crippen LogP contribution >= 0.6 is 0 Å². The highest BCUT2D eigenvalue weighted by Gasteiger charge is 2.22. The first kappa shape index (κ1) is 12.0. The molecule has 0 saturated carbocycles. The lowest BCUT2D eigenvalue weighted by Gasteiger charge is -2.30. The van der Waals surface area contributed by atoms with Crippen molar-refractivity contribution in [2.24, 2.45) is 11.7 Å². The second-order valence-corrected chi connectivity index (χ2v) is 4.02. The summed E-state index contributed by atoms with van der Waals surface area (Å²) in [7, 11) is 0. The Bertz CT molecular complexity index is 232. The molecule has 1 heterocycles. The molecule has 1 aliphatic rings. The molecule has 0 aromatic rings. The molecule has 0 radical (unpaired) electrons. The Hall–Kier alpha value is -1.10. The molecule has 1 aliphatic heterocycles. The number of carbonyl (C=O) groups excluding carboxylic acids is 1. The Kier molecular flexibility index (Phi) is 4.55. The highest BCUT2D eigenvalue weighted by atomic mass is 16.4. The van der Waals surface area contributed by atoms with Gasteiger partial charge in [-0.15, -0.1) is 0 Å². The largest absolute Gasteiger partial charge is 0.481 e. The lowest BCUT2D eigenvalue weighted by Crippen LogP contribution is -2.39. The minimum absolute atomic E-state index is 0.0146. The lowest BCUT2D eigenvalue weighted by molar-refractivity contribution is -0.137. The van der Waals surface area contributed by atoms with Crippen LogP contribution in [0.5, 0.6) is 0 Å². The summed E-state index contributed by atoms with van der Waals surface area (Å²) in [4.78, 5) is 23.4. The van der Waals surface area contributed by atoms with E-state index >= 15 is 0 Å². The summed E-state index contributed by atoms with van der Waals surface area (Å²) in [6.45, 7) is 2.51. The van der Waals surface area contributed by atoms with Crippen LogP contribution in [0.1, 0.15) is 25.7 Å². The van der Waals surface area contributed by atoms with Gasteiger partial charge in [-0.1, -0.05) is 0 Å². The molecule has 0 unspecified atom stereocenters. The number of hydrogen-bond donors (Lipinski definition) is 2. The summed E-state index contributed by atoms with van der Waals surface area (Å²) in [5, 5.41) is 8.48. The Morgan fingerprint density at radius 1 is 1.33 bits per heavy atom. The molecule has 3 N–H and O–H groups in total. The number of rotatable bonds is 5. The summed E-state index contributed by atoms with van der Waals surface area (Å²) in [5.41, 5.74) is 5.22. The Labute approximate surface area is 89.2 Å². The molecule has 0 bridgehead atoms. The molecular formula is C10H18N2O3. The van der Waals surface area contributed by atoms with Crippen molar-refractivity contribution in [2.45, 2.75) is 25.7 Å². The second kappa shape index (κ2) is 5.70. The van der Waals surface area contributed by atoms with Gasteiger partial charge < -0.3 is 15.7 Å². The fourth-order valence-corrected chi connectivity index (χ4v) is 1.89. The first-order valence-electron chi connectivity index (χ1n) is 5.33. The second-order valence-electron chi connectivity index (χ2n) is 4.02. The third-order valence-electron chi connectivity index (χ3n) is 2.85. The quantitative estimate of drug-likeness (QED) is 0.677. The number of likely N-dealkylation sites (tertiary alicyclic amines) is 1. The molecule has 86 valence electrons. The van der Waals surface area contributed by atoms with Crippen LogP contribution in [0.25, 0.3) is 0 Å². The number of piperidine rings is 1. The van der Waals surface area contributed by atoms with Gasteiger partial charge in [-0.05, 0) is 38.9 Å². The molecule has 15 heavy (non-hydrogen) atoms. The summed E-state index contributed by atoms with van der Waals surface area (Å²) in [6.07, 6.45) is 2.51. The summed E-state index contributed by atoms with van der Waals surface area (Å²) >= 11 is 0. The van der Waals surface area contributed by atoms with E-state index in [1.807, 2.05) is 0 Å². The first-order chi connectivity index (χ1) is 7.09. The average Bonchev–Trinajstić information content (AvgIpc) is 2.18. The van der Waals surface area contributed by atoms with Gasteiger partial charge in [-0.25, -0.2) is 0 Å². The van der Waals surface area contributed by atoms with Gasteiger partial charge in [0.25, 0.3) is 0 Å². The number of carboxylic acid groups (broad SMARTS) is 1. The van der Waals surface area contributed by atoms with Crippen molar-refractivity contribution in [3.05, 3.63) is 0 Å². The number of hydrogen-bond acceptors (Lipinski definition) is 3. The van der Waals surface area contributed by atoms with Gasteiger partial charge in [0, 0.05) is 12.3 Å². The van der Waals surface area contributed by atoms with E-state index in [2.05, 4.69) is 4.90 Å². The molecule has 1 rings (SSSR count).